The second-order valence-corrected chi connectivity index (χ2v) is 5.10. The molecule has 1 saturated heterocycles. The van der Waals surface area contributed by atoms with Crippen LogP contribution in [0, 0.1) is 0 Å². The highest BCUT2D eigenvalue weighted by atomic mass is 35.5. The number of halogens is 1. The summed E-state index contributed by atoms with van der Waals surface area (Å²) in [5, 5.41) is 3.67. The van der Waals surface area contributed by atoms with E-state index < -0.39 is 0 Å². The first-order chi connectivity index (χ1) is 9.17. The molecule has 1 aliphatic heterocycles. The fourth-order valence-electron chi connectivity index (χ4n) is 2.44. The number of benzene rings is 1. The molecule has 0 aliphatic carbocycles. The Kier molecular flexibility index (Phi) is 4.66. The molecule has 104 valence electrons. The van der Waals surface area contributed by atoms with Crippen LogP contribution >= 0.6 is 11.6 Å². The summed E-state index contributed by atoms with van der Waals surface area (Å²) in [6.07, 6.45) is 2.10. The van der Waals surface area contributed by atoms with Crippen molar-refractivity contribution >= 4 is 17.5 Å². The van der Waals surface area contributed by atoms with E-state index in [1.54, 1.807) is 25.3 Å². The Hall–Kier alpha value is -1.26. The number of hydrogen-bond donors (Lipinski definition) is 1. The van der Waals surface area contributed by atoms with E-state index in [9.17, 15) is 4.79 Å². The number of carbonyl (C=O) groups excluding carboxylic acids is 1. The van der Waals surface area contributed by atoms with Crippen molar-refractivity contribution in [2.45, 2.75) is 18.9 Å². The Bertz CT molecular complexity index is 465. The number of methoxy groups -OCH3 is 1. The van der Waals surface area contributed by atoms with Crippen LogP contribution in [-0.2, 0) is 0 Å². The maximum Gasteiger partial charge on any atom is 0.259 e. The van der Waals surface area contributed by atoms with Gasteiger partial charge in [0.2, 0.25) is 0 Å². The highest BCUT2D eigenvalue weighted by Crippen LogP contribution is 2.28. The third-order valence-electron chi connectivity index (χ3n) is 3.53. The number of carbonyl (C=O) groups is 1. The van der Waals surface area contributed by atoms with Gasteiger partial charge in [0.25, 0.3) is 5.91 Å². The van der Waals surface area contributed by atoms with Gasteiger partial charge in [-0.15, -0.1) is 0 Å². The monoisotopic (exact) mass is 282 g/mol. The summed E-state index contributed by atoms with van der Waals surface area (Å²) in [5.41, 5.74) is 0.461. The van der Waals surface area contributed by atoms with Crippen LogP contribution in [0.25, 0.3) is 0 Å². The first-order valence-electron chi connectivity index (χ1n) is 6.46. The van der Waals surface area contributed by atoms with E-state index in [4.69, 9.17) is 16.3 Å². The van der Waals surface area contributed by atoms with Crippen molar-refractivity contribution in [3.63, 3.8) is 0 Å². The van der Waals surface area contributed by atoms with Gasteiger partial charge in [-0.05, 0) is 32.0 Å². The lowest BCUT2D eigenvalue weighted by Gasteiger charge is -2.33. The molecule has 4 nitrogen and oxygen atoms in total. The first-order valence-corrected chi connectivity index (χ1v) is 6.84. The van der Waals surface area contributed by atoms with Gasteiger partial charge >= 0.3 is 0 Å². The molecule has 1 N–H and O–H groups in total. The van der Waals surface area contributed by atoms with E-state index in [-0.39, 0.29) is 5.91 Å². The SMILES string of the molecule is CN[C@@H]1CCCN(C(=O)c2c(Cl)cccc2OC)C1. The molecule has 0 saturated carbocycles. The standard InChI is InChI=1S/C14H19ClN2O2/c1-16-10-5-4-8-17(9-10)14(18)13-11(15)6-3-7-12(13)19-2/h3,6-7,10,16H,4-5,8-9H2,1-2H3/t10-/m1/s1. The number of nitrogens with zero attached hydrogens (tertiary/aromatic N) is 1. The molecule has 1 aromatic carbocycles. The first kappa shape index (κ1) is 14.2. The smallest absolute Gasteiger partial charge is 0.259 e. The van der Waals surface area contributed by atoms with Gasteiger partial charge in [0.1, 0.15) is 11.3 Å². The molecule has 1 aromatic rings. The van der Waals surface area contributed by atoms with Crippen molar-refractivity contribution in [3.8, 4) is 5.75 Å². The van der Waals surface area contributed by atoms with Crippen molar-refractivity contribution in [1.29, 1.82) is 0 Å². The van der Waals surface area contributed by atoms with Crippen molar-refractivity contribution in [1.82, 2.24) is 10.2 Å². The Morgan fingerprint density at radius 2 is 2.32 bits per heavy atom. The molecule has 1 amide bonds. The molecule has 0 spiro atoms. The second-order valence-electron chi connectivity index (χ2n) is 4.70. The molecular weight excluding hydrogens is 264 g/mol. The van der Waals surface area contributed by atoms with Crippen molar-refractivity contribution in [2.24, 2.45) is 0 Å². The number of likely N-dealkylation sites (N-methyl/N-ethyl adjacent to an activating group) is 1. The molecule has 0 unspecified atom stereocenters. The topological polar surface area (TPSA) is 41.6 Å². The maximum absolute atomic E-state index is 12.6. The van der Waals surface area contributed by atoms with Crippen molar-refractivity contribution in [2.75, 3.05) is 27.2 Å². The number of likely N-dealkylation sites (tertiary alicyclic amines) is 1. The molecule has 2 rings (SSSR count). The molecule has 0 bridgehead atoms. The summed E-state index contributed by atoms with van der Waals surface area (Å²) in [7, 11) is 3.48. The van der Waals surface area contributed by atoms with Gasteiger partial charge in [-0.3, -0.25) is 4.79 Å². The van der Waals surface area contributed by atoms with Gasteiger partial charge in [-0.2, -0.15) is 0 Å². The van der Waals surface area contributed by atoms with Crippen molar-refractivity contribution < 1.29 is 9.53 Å². The summed E-state index contributed by atoms with van der Waals surface area (Å²) < 4.78 is 5.24. The van der Waals surface area contributed by atoms with Crippen LogP contribution in [0.3, 0.4) is 0 Å². The lowest BCUT2D eigenvalue weighted by atomic mass is 10.0. The van der Waals surface area contributed by atoms with Gasteiger partial charge in [-0.1, -0.05) is 17.7 Å². The Morgan fingerprint density at radius 1 is 1.53 bits per heavy atom. The van der Waals surface area contributed by atoms with Gasteiger partial charge in [0.15, 0.2) is 0 Å². The van der Waals surface area contributed by atoms with Gasteiger partial charge in [0, 0.05) is 19.1 Å². The summed E-state index contributed by atoms with van der Waals surface area (Å²) in [6, 6.07) is 5.62. The van der Waals surface area contributed by atoms with Crippen LogP contribution < -0.4 is 10.1 Å². The van der Waals surface area contributed by atoms with E-state index in [2.05, 4.69) is 5.32 Å². The minimum Gasteiger partial charge on any atom is -0.496 e. The molecule has 1 heterocycles. The zero-order valence-corrected chi connectivity index (χ0v) is 12.0. The summed E-state index contributed by atoms with van der Waals surface area (Å²) in [5.74, 6) is 0.478. The molecular formula is C14H19ClN2O2. The van der Waals surface area contributed by atoms with Crippen LogP contribution in [0.5, 0.6) is 5.75 Å². The number of hydrogen-bond acceptors (Lipinski definition) is 3. The largest absolute Gasteiger partial charge is 0.496 e. The number of rotatable bonds is 3. The molecule has 0 aromatic heterocycles. The van der Waals surface area contributed by atoms with Gasteiger partial charge in [-0.25, -0.2) is 0 Å². The van der Waals surface area contributed by atoms with E-state index in [0.717, 1.165) is 19.4 Å². The normalized spacial score (nSPS) is 19.3. The Balaban J connectivity index is 2.24. The average Bonchev–Trinajstić information content (AvgIpc) is 2.46. The van der Waals surface area contributed by atoms with Gasteiger partial charge < -0.3 is 15.0 Å². The van der Waals surface area contributed by atoms with E-state index in [0.29, 0.717) is 28.9 Å². The Labute approximate surface area is 118 Å². The highest BCUT2D eigenvalue weighted by Gasteiger charge is 2.26. The molecule has 5 heteroatoms. The third kappa shape index (κ3) is 3.01. The quantitative estimate of drug-likeness (QED) is 0.924. The van der Waals surface area contributed by atoms with Crippen LogP contribution in [0.15, 0.2) is 18.2 Å². The van der Waals surface area contributed by atoms with Crippen LogP contribution in [0.2, 0.25) is 5.02 Å². The minimum absolute atomic E-state index is 0.0533. The molecule has 1 atom stereocenters. The number of ether oxygens (including phenoxy) is 1. The lowest BCUT2D eigenvalue weighted by molar-refractivity contribution is 0.0695. The zero-order valence-electron chi connectivity index (χ0n) is 11.3. The van der Waals surface area contributed by atoms with Crippen LogP contribution in [0.4, 0.5) is 0 Å². The molecule has 19 heavy (non-hydrogen) atoms. The highest BCUT2D eigenvalue weighted by molar-refractivity contribution is 6.34. The predicted octanol–water partition coefficient (Wildman–Crippen LogP) is 2.17. The predicted molar refractivity (Wildman–Crippen MR) is 76.0 cm³/mol. The fourth-order valence-corrected chi connectivity index (χ4v) is 2.68. The molecule has 1 fully saturated rings. The van der Waals surface area contributed by atoms with Crippen LogP contribution in [0.1, 0.15) is 23.2 Å². The summed E-state index contributed by atoms with van der Waals surface area (Å²) in [6.45, 7) is 1.48. The number of amides is 1. The molecule has 1 aliphatic rings. The maximum atomic E-state index is 12.6. The second kappa shape index (κ2) is 6.26. The summed E-state index contributed by atoms with van der Waals surface area (Å²) in [4.78, 5) is 14.4. The van der Waals surface area contributed by atoms with Crippen molar-refractivity contribution in [3.05, 3.63) is 28.8 Å². The number of piperidine rings is 1. The number of nitrogens with one attached hydrogen (secondary N) is 1. The molecule has 0 radical (unpaired) electrons. The Morgan fingerprint density at radius 3 is 3.00 bits per heavy atom. The summed E-state index contributed by atoms with van der Waals surface area (Å²) >= 11 is 6.15. The van der Waals surface area contributed by atoms with E-state index in [1.807, 2.05) is 11.9 Å². The zero-order chi connectivity index (χ0) is 13.8. The van der Waals surface area contributed by atoms with E-state index >= 15 is 0 Å². The third-order valence-corrected chi connectivity index (χ3v) is 3.84. The lowest BCUT2D eigenvalue weighted by Crippen LogP contribution is -2.47. The van der Waals surface area contributed by atoms with E-state index in [1.165, 1.54) is 0 Å². The average molecular weight is 283 g/mol. The van der Waals surface area contributed by atoms with Gasteiger partial charge in [0.05, 0.1) is 12.1 Å². The van der Waals surface area contributed by atoms with Crippen LogP contribution in [-0.4, -0.2) is 44.1 Å². The minimum atomic E-state index is -0.0533. The fraction of sp³-hybridized carbons (Fsp3) is 0.500.